The minimum Gasteiger partial charge on any atom is -0.338 e. The molecule has 2 aromatic rings. The predicted octanol–water partition coefficient (Wildman–Crippen LogP) is 2.22. The second-order valence-corrected chi connectivity index (χ2v) is 4.93. The van der Waals surface area contributed by atoms with E-state index in [1.54, 1.807) is 11.3 Å². The molecule has 2 aromatic heterocycles. The average Bonchev–Trinajstić information content (AvgIpc) is 2.87. The van der Waals surface area contributed by atoms with Crippen molar-refractivity contribution in [3.8, 4) is 0 Å². The van der Waals surface area contributed by atoms with E-state index in [1.807, 2.05) is 6.07 Å². The first-order valence-corrected chi connectivity index (χ1v) is 6.19. The maximum atomic E-state index is 5.14. The number of thiophene rings is 1. The summed E-state index contributed by atoms with van der Waals surface area (Å²) in [6.45, 7) is 4.81. The molecule has 0 spiro atoms. The van der Waals surface area contributed by atoms with Crippen molar-refractivity contribution >= 4 is 11.3 Å². The Hall–Kier alpha value is -1.20. The molecule has 4 nitrogen and oxygen atoms in total. The van der Waals surface area contributed by atoms with Crippen molar-refractivity contribution in [2.45, 2.75) is 32.9 Å². The van der Waals surface area contributed by atoms with Crippen molar-refractivity contribution < 1.29 is 4.52 Å². The second kappa shape index (κ2) is 5.23. The van der Waals surface area contributed by atoms with Crippen LogP contribution in [0.15, 0.2) is 22.0 Å². The van der Waals surface area contributed by atoms with E-state index in [2.05, 4.69) is 40.8 Å². The SMILES string of the molecule is CC(C)NCc1nc(Cc2cccs2)no1. The highest BCUT2D eigenvalue weighted by molar-refractivity contribution is 7.09. The van der Waals surface area contributed by atoms with Crippen LogP contribution in [0.5, 0.6) is 0 Å². The summed E-state index contributed by atoms with van der Waals surface area (Å²) in [6, 6.07) is 4.53. The highest BCUT2D eigenvalue weighted by Crippen LogP contribution is 2.12. The fourth-order valence-electron chi connectivity index (χ4n) is 1.29. The van der Waals surface area contributed by atoms with E-state index < -0.39 is 0 Å². The molecule has 5 heteroatoms. The van der Waals surface area contributed by atoms with Crippen molar-refractivity contribution in [3.05, 3.63) is 34.1 Å². The maximum Gasteiger partial charge on any atom is 0.240 e. The Labute approximate surface area is 98.7 Å². The molecule has 0 fully saturated rings. The third kappa shape index (κ3) is 3.15. The summed E-state index contributed by atoms with van der Waals surface area (Å²) in [5.41, 5.74) is 0. The van der Waals surface area contributed by atoms with Gasteiger partial charge in [0.1, 0.15) is 0 Å². The Morgan fingerprint density at radius 2 is 2.38 bits per heavy atom. The number of hydrogen-bond acceptors (Lipinski definition) is 5. The van der Waals surface area contributed by atoms with E-state index in [9.17, 15) is 0 Å². The molecule has 0 atom stereocenters. The zero-order valence-corrected chi connectivity index (χ0v) is 10.3. The monoisotopic (exact) mass is 237 g/mol. The highest BCUT2D eigenvalue weighted by atomic mass is 32.1. The molecule has 0 radical (unpaired) electrons. The molecule has 0 saturated carbocycles. The van der Waals surface area contributed by atoms with Gasteiger partial charge in [0.25, 0.3) is 0 Å². The first-order chi connectivity index (χ1) is 7.74. The van der Waals surface area contributed by atoms with Gasteiger partial charge in [-0.15, -0.1) is 11.3 Å². The summed E-state index contributed by atoms with van der Waals surface area (Å²) in [7, 11) is 0. The summed E-state index contributed by atoms with van der Waals surface area (Å²) in [5.74, 6) is 1.41. The van der Waals surface area contributed by atoms with Gasteiger partial charge in [0.2, 0.25) is 5.89 Å². The predicted molar refractivity (Wildman–Crippen MR) is 63.4 cm³/mol. The normalized spacial score (nSPS) is 11.2. The third-order valence-electron chi connectivity index (χ3n) is 2.08. The van der Waals surface area contributed by atoms with Crippen LogP contribution in [0.2, 0.25) is 0 Å². The largest absolute Gasteiger partial charge is 0.338 e. The lowest BCUT2D eigenvalue weighted by atomic mass is 10.3. The van der Waals surface area contributed by atoms with E-state index in [4.69, 9.17) is 4.52 Å². The van der Waals surface area contributed by atoms with Gasteiger partial charge in [0, 0.05) is 17.3 Å². The van der Waals surface area contributed by atoms with Gasteiger partial charge < -0.3 is 9.84 Å². The summed E-state index contributed by atoms with van der Waals surface area (Å²) < 4.78 is 5.14. The number of nitrogens with one attached hydrogen (secondary N) is 1. The van der Waals surface area contributed by atoms with E-state index >= 15 is 0 Å². The van der Waals surface area contributed by atoms with Gasteiger partial charge in [-0.2, -0.15) is 4.98 Å². The molecule has 0 aliphatic heterocycles. The Morgan fingerprint density at radius 3 is 3.06 bits per heavy atom. The molecule has 0 aliphatic carbocycles. The van der Waals surface area contributed by atoms with Gasteiger partial charge in [0.15, 0.2) is 5.82 Å². The molecule has 16 heavy (non-hydrogen) atoms. The molecular formula is C11H15N3OS. The number of nitrogens with zero attached hydrogens (tertiary/aromatic N) is 2. The van der Waals surface area contributed by atoms with Crippen LogP contribution in [0.1, 0.15) is 30.4 Å². The fraction of sp³-hybridized carbons (Fsp3) is 0.455. The number of rotatable bonds is 5. The van der Waals surface area contributed by atoms with E-state index in [0.717, 1.165) is 12.2 Å². The molecule has 0 amide bonds. The molecule has 0 bridgehead atoms. The van der Waals surface area contributed by atoms with Crippen LogP contribution >= 0.6 is 11.3 Å². The Balaban J connectivity index is 1.92. The quantitative estimate of drug-likeness (QED) is 0.866. The number of hydrogen-bond donors (Lipinski definition) is 1. The van der Waals surface area contributed by atoms with E-state index in [0.29, 0.717) is 18.5 Å². The lowest BCUT2D eigenvalue weighted by Gasteiger charge is -2.02. The van der Waals surface area contributed by atoms with Gasteiger partial charge in [-0.25, -0.2) is 0 Å². The molecule has 0 aliphatic rings. The van der Waals surface area contributed by atoms with Crippen LogP contribution in [0.3, 0.4) is 0 Å². The standard InChI is InChI=1S/C11H15N3OS/c1-8(2)12-7-11-13-10(14-15-11)6-9-4-3-5-16-9/h3-5,8,12H,6-7H2,1-2H3. The van der Waals surface area contributed by atoms with Crippen LogP contribution in [0, 0.1) is 0 Å². The summed E-state index contributed by atoms with van der Waals surface area (Å²) >= 11 is 1.71. The second-order valence-electron chi connectivity index (χ2n) is 3.90. The lowest BCUT2D eigenvalue weighted by molar-refractivity contribution is 0.358. The average molecular weight is 237 g/mol. The minimum atomic E-state index is 0.424. The highest BCUT2D eigenvalue weighted by Gasteiger charge is 2.07. The third-order valence-corrected chi connectivity index (χ3v) is 2.96. The molecular weight excluding hydrogens is 222 g/mol. The summed E-state index contributed by atoms with van der Waals surface area (Å²) in [6.07, 6.45) is 0.753. The van der Waals surface area contributed by atoms with Gasteiger partial charge in [-0.1, -0.05) is 25.1 Å². The molecule has 2 heterocycles. The molecule has 2 rings (SSSR count). The topological polar surface area (TPSA) is 51.0 Å². The molecule has 0 aromatic carbocycles. The maximum absolute atomic E-state index is 5.14. The molecule has 0 unspecified atom stereocenters. The van der Waals surface area contributed by atoms with Crippen molar-refractivity contribution in [2.24, 2.45) is 0 Å². The molecule has 86 valence electrons. The van der Waals surface area contributed by atoms with Crippen LogP contribution in [-0.2, 0) is 13.0 Å². The summed E-state index contributed by atoms with van der Waals surface area (Å²) in [4.78, 5) is 5.58. The number of aromatic nitrogens is 2. The van der Waals surface area contributed by atoms with Crippen molar-refractivity contribution in [1.82, 2.24) is 15.5 Å². The zero-order valence-electron chi connectivity index (χ0n) is 9.43. The van der Waals surface area contributed by atoms with Crippen LogP contribution in [0.25, 0.3) is 0 Å². The first-order valence-electron chi connectivity index (χ1n) is 5.31. The van der Waals surface area contributed by atoms with Crippen LogP contribution < -0.4 is 5.32 Å². The molecule has 0 saturated heterocycles. The first kappa shape index (κ1) is 11.3. The van der Waals surface area contributed by atoms with Gasteiger partial charge in [-0.3, -0.25) is 0 Å². The van der Waals surface area contributed by atoms with Crippen LogP contribution in [-0.4, -0.2) is 16.2 Å². The summed E-state index contributed by atoms with van der Waals surface area (Å²) in [5, 5.41) is 9.24. The van der Waals surface area contributed by atoms with Gasteiger partial charge in [-0.05, 0) is 11.4 Å². The van der Waals surface area contributed by atoms with Crippen molar-refractivity contribution in [3.63, 3.8) is 0 Å². The Bertz CT molecular complexity index is 422. The van der Waals surface area contributed by atoms with Gasteiger partial charge >= 0.3 is 0 Å². The van der Waals surface area contributed by atoms with E-state index in [1.165, 1.54) is 4.88 Å². The smallest absolute Gasteiger partial charge is 0.240 e. The molecule has 1 N–H and O–H groups in total. The van der Waals surface area contributed by atoms with Crippen LogP contribution in [0.4, 0.5) is 0 Å². The Kier molecular flexibility index (Phi) is 3.69. The van der Waals surface area contributed by atoms with E-state index in [-0.39, 0.29) is 0 Å². The lowest BCUT2D eigenvalue weighted by Crippen LogP contribution is -2.21. The van der Waals surface area contributed by atoms with Gasteiger partial charge in [0.05, 0.1) is 6.54 Å². The Morgan fingerprint density at radius 1 is 1.50 bits per heavy atom. The van der Waals surface area contributed by atoms with Crippen molar-refractivity contribution in [1.29, 1.82) is 0 Å². The zero-order chi connectivity index (χ0) is 11.4. The minimum absolute atomic E-state index is 0.424. The fourth-order valence-corrected chi connectivity index (χ4v) is 2.00. The van der Waals surface area contributed by atoms with Crippen molar-refractivity contribution in [2.75, 3.05) is 0 Å².